The number of hydrogen-bond acceptors (Lipinski definition) is 5. The van der Waals surface area contributed by atoms with Crippen LogP contribution < -0.4 is 0 Å². The molecule has 3 heterocycles. The van der Waals surface area contributed by atoms with Crippen molar-refractivity contribution in [2.45, 2.75) is 101 Å². The molecule has 1 aromatic rings. The number of amides is 3. The van der Waals surface area contributed by atoms with Crippen LogP contribution in [0.15, 0.2) is 55.6 Å². The van der Waals surface area contributed by atoms with Crippen LogP contribution in [0, 0.1) is 17.3 Å². The fourth-order valence-electron chi connectivity index (χ4n) is 8.39. The van der Waals surface area contributed by atoms with Crippen molar-refractivity contribution in [1.82, 2.24) is 14.7 Å². The summed E-state index contributed by atoms with van der Waals surface area (Å²) in [6, 6.07) is 7.97. The van der Waals surface area contributed by atoms with Crippen LogP contribution in [0.5, 0.6) is 0 Å². The maximum Gasteiger partial charge on any atom is 0.249 e. The Balaban J connectivity index is 1.86. The van der Waals surface area contributed by atoms with Crippen molar-refractivity contribution >= 4 is 33.7 Å². The van der Waals surface area contributed by atoms with Crippen LogP contribution in [0.25, 0.3) is 0 Å². The van der Waals surface area contributed by atoms with Crippen LogP contribution in [0.3, 0.4) is 0 Å². The second kappa shape index (κ2) is 13.7. The highest BCUT2D eigenvalue weighted by molar-refractivity contribution is 9.09. The molecule has 8 nitrogen and oxygen atoms in total. The lowest BCUT2D eigenvalue weighted by atomic mass is 9.70. The number of halogens is 1. The molecular weight excluding hydrogens is 634 g/mol. The molecule has 0 saturated carbocycles. The minimum Gasteiger partial charge on any atom is -0.394 e. The molecule has 7 atom stereocenters. The molecule has 4 rings (SSSR count). The summed E-state index contributed by atoms with van der Waals surface area (Å²) in [7, 11) is 0. The first kappa shape index (κ1) is 35.4. The topological polar surface area (TPSA) is 90.4 Å². The minimum absolute atomic E-state index is 0.0786. The summed E-state index contributed by atoms with van der Waals surface area (Å²) in [5.74, 6) is -2.29. The highest BCUT2D eigenvalue weighted by Gasteiger charge is 2.77. The van der Waals surface area contributed by atoms with E-state index in [1.807, 2.05) is 56.0 Å². The van der Waals surface area contributed by atoms with Gasteiger partial charge in [-0.2, -0.15) is 0 Å². The highest BCUT2D eigenvalue weighted by atomic mass is 79.9. The first-order valence-corrected chi connectivity index (χ1v) is 17.2. The Morgan fingerprint density at radius 1 is 1.13 bits per heavy atom. The van der Waals surface area contributed by atoms with Gasteiger partial charge in [-0.25, -0.2) is 0 Å². The first-order chi connectivity index (χ1) is 21.2. The van der Waals surface area contributed by atoms with Crippen LogP contribution in [0.4, 0.5) is 0 Å². The van der Waals surface area contributed by atoms with Gasteiger partial charge in [0.1, 0.15) is 11.6 Å². The maximum atomic E-state index is 15.1. The Morgan fingerprint density at radius 2 is 1.78 bits per heavy atom. The molecule has 9 heteroatoms. The minimum atomic E-state index is -1.22. The Bertz CT molecular complexity index is 1260. The zero-order valence-electron chi connectivity index (χ0n) is 27.9. The molecule has 3 aliphatic heterocycles. The molecule has 3 saturated heterocycles. The number of carbonyl (C=O) groups is 3. The molecule has 45 heavy (non-hydrogen) atoms. The van der Waals surface area contributed by atoms with E-state index in [2.05, 4.69) is 49.9 Å². The molecule has 3 unspecified atom stereocenters. The standard InChI is InChI=1S/C36H52BrN3O5/c1-9-17-38(18-10-2)31(42)27-28-32(43)40(25(22-41)20-24-15-13-12-14-16-24)30(36(28)21-26(37)29(27)45-36)33(44)39(19-11-3)35(7,8)23-34(4,5)6/h9,11-16,25-30,41H,1,3,10,17-23H2,2,4-8H3/t25-,26?,27-,28+,29-,30?,36?/m1/s1. The normalized spacial score (nSPS) is 28.1. The number of benzene rings is 1. The van der Waals surface area contributed by atoms with Gasteiger partial charge in [0, 0.05) is 30.0 Å². The van der Waals surface area contributed by atoms with E-state index < -0.39 is 41.2 Å². The molecule has 1 aromatic carbocycles. The number of rotatable bonds is 14. The van der Waals surface area contributed by atoms with E-state index in [9.17, 15) is 14.7 Å². The molecule has 2 bridgehead atoms. The summed E-state index contributed by atoms with van der Waals surface area (Å²) >= 11 is 3.80. The van der Waals surface area contributed by atoms with E-state index in [0.717, 1.165) is 12.0 Å². The van der Waals surface area contributed by atoms with Crippen LogP contribution in [0.1, 0.15) is 66.4 Å². The van der Waals surface area contributed by atoms with Gasteiger partial charge < -0.3 is 24.5 Å². The van der Waals surface area contributed by atoms with Crippen molar-refractivity contribution in [1.29, 1.82) is 0 Å². The van der Waals surface area contributed by atoms with E-state index in [-0.39, 0.29) is 41.1 Å². The number of hydrogen-bond donors (Lipinski definition) is 1. The predicted octanol–water partition coefficient (Wildman–Crippen LogP) is 4.99. The van der Waals surface area contributed by atoms with Crippen molar-refractivity contribution in [2.75, 3.05) is 26.2 Å². The lowest BCUT2D eigenvalue weighted by molar-refractivity contribution is -0.155. The zero-order chi connectivity index (χ0) is 33.3. The first-order valence-electron chi connectivity index (χ1n) is 16.3. The van der Waals surface area contributed by atoms with E-state index in [1.165, 1.54) is 0 Å². The van der Waals surface area contributed by atoms with Crippen molar-refractivity contribution in [3.8, 4) is 0 Å². The molecule has 248 valence electrons. The molecule has 3 aliphatic rings. The predicted molar refractivity (Wildman–Crippen MR) is 181 cm³/mol. The second-order valence-corrected chi connectivity index (χ2v) is 16.0. The summed E-state index contributed by atoms with van der Waals surface area (Å²) in [4.78, 5) is 49.2. The average Bonchev–Trinajstić information content (AvgIpc) is 3.56. The van der Waals surface area contributed by atoms with E-state index >= 15 is 4.79 Å². The number of ether oxygens (including phenoxy) is 1. The number of likely N-dealkylation sites (tertiary alicyclic amines) is 1. The van der Waals surface area contributed by atoms with Crippen molar-refractivity contribution in [3.63, 3.8) is 0 Å². The van der Waals surface area contributed by atoms with Crippen LogP contribution in [-0.4, -0.2) is 97.9 Å². The molecule has 0 aliphatic carbocycles. The third kappa shape index (κ3) is 6.68. The Hall–Kier alpha value is -2.49. The summed E-state index contributed by atoms with van der Waals surface area (Å²) in [5.41, 5.74) is -0.939. The van der Waals surface area contributed by atoms with Gasteiger partial charge in [0.05, 0.1) is 30.6 Å². The van der Waals surface area contributed by atoms with Crippen molar-refractivity contribution in [2.24, 2.45) is 17.3 Å². The van der Waals surface area contributed by atoms with Gasteiger partial charge in [-0.3, -0.25) is 14.4 Å². The Morgan fingerprint density at radius 3 is 2.33 bits per heavy atom. The SMILES string of the molecule is C=CCN(CCC)C(=O)[C@H]1[C@@H]2OC3(CC2Br)C(C(=O)N(CC=C)C(C)(C)CC(C)(C)C)N([C@@H](CO)Cc2ccccc2)C(=O)[C@H]13. The van der Waals surface area contributed by atoms with Gasteiger partial charge in [-0.1, -0.05) is 86.1 Å². The van der Waals surface area contributed by atoms with Crippen LogP contribution in [0.2, 0.25) is 0 Å². The highest BCUT2D eigenvalue weighted by Crippen LogP contribution is 2.61. The van der Waals surface area contributed by atoms with Crippen LogP contribution in [-0.2, 0) is 25.5 Å². The van der Waals surface area contributed by atoms with Gasteiger partial charge >= 0.3 is 0 Å². The largest absolute Gasteiger partial charge is 0.394 e. The molecule has 0 radical (unpaired) electrons. The number of alkyl halides is 1. The van der Waals surface area contributed by atoms with Crippen LogP contribution >= 0.6 is 15.9 Å². The third-order valence-corrected chi connectivity index (χ3v) is 10.4. The summed E-state index contributed by atoms with van der Waals surface area (Å²) in [6.45, 7) is 21.2. The molecule has 1 N–H and O–H groups in total. The number of carbonyl (C=O) groups excluding carboxylic acids is 3. The zero-order valence-corrected chi connectivity index (χ0v) is 29.5. The maximum absolute atomic E-state index is 15.1. The smallest absolute Gasteiger partial charge is 0.249 e. The van der Waals surface area contributed by atoms with Gasteiger partial charge in [-0.15, -0.1) is 13.2 Å². The summed E-state index contributed by atoms with van der Waals surface area (Å²) in [6.07, 6.45) is 5.11. The Labute approximate surface area is 278 Å². The number of fused-ring (bicyclic) bond motifs is 1. The Kier molecular flexibility index (Phi) is 10.8. The van der Waals surface area contributed by atoms with Gasteiger partial charge in [-0.05, 0) is 50.5 Å². The second-order valence-electron chi connectivity index (χ2n) is 14.8. The number of aliphatic hydroxyl groups excluding tert-OH is 1. The van der Waals surface area contributed by atoms with E-state index in [0.29, 0.717) is 32.4 Å². The number of nitrogens with zero attached hydrogens (tertiary/aromatic N) is 3. The summed E-state index contributed by atoms with van der Waals surface area (Å²) in [5, 5.41) is 10.8. The van der Waals surface area contributed by atoms with Crippen molar-refractivity contribution < 1.29 is 24.2 Å². The molecule has 3 fully saturated rings. The lowest BCUT2D eigenvalue weighted by Gasteiger charge is -2.46. The molecule has 3 amide bonds. The van der Waals surface area contributed by atoms with Gasteiger partial charge in [0.25, 0.3) is 0 Å². The third-order valence-electron chi connectivity index (χ3n) is 9.59. The van der Waals surface area contributed by atoms with Crippen molar-refractivity contribution in [3.05, 3.63) is 61.2 Å². The van der Waals surface area contributed by atoms with E-state index in [1.54, 1.807) is 22.0 Å². The quantitative estimate of drug-likeness (QED) is 0.220. The lowest BCUT2D eigenvalue weighted by Crippen LogP contribution is -2.63. The van der Waals surface area contributed by atoms with E-state index in [4.69, 9.17) is 4.74 Å². The average molecular weight is 687 g/mol. The summed E-state index contributed by atoms with van der Waals surface area (Å²) < 4.78 is 6.82. The fourth-order valence-corrected chi connectivity index (χ4v) is 9.34. The fraction of sp³-hybridized carbons (Fsp3) is 0.639. The monoisotopic (exact) mass is 685 g/mol. The van der Waals surface area contributed by atoms with Gasteiger partial charge in [0.2, 0.25) is 17.7 Å². The molecule has 1 spiro atoms. The number of aliphatic hydroxyl groups is 1. The van der Waals surface area contributed by atoms with Gasteiger partial charge in [0.15, 0.2) is 0 Å². The molecule has 0 aromatic heterocycles. The molecular formula is C36H52BrN3O5.